The summed E-state index contributed by atoms with van der Waals surface area (Å²) in [6.45, 7) is 8.23. The van der Waals surface area contributed by atoms with E-state index >= 15 is 0 Å². The zero-order valence-corrected chi connectivity index (χ0v) is 24.9. The molecule has 2 aliphatic rings. The van der Waals surface area contributed by atoms with Gasteiger partial charge in [-0.2, -0.15) is 4.98 Å². The number of piperazine rings is 1. The van der Waals surface area contributed by atoms with Gasteiger partial charge in [0, 0.05) is 50.6 Å². The molecule has 9 nitrogen and oxygen atoms in total. The molecular weight excluding hydrogens is 518 g/mol. The number of hydrogen-bond donors (Lipinski definition) is 0. The van der Waals surface area contributed by atoms with E-state index in [4.69, 9.17) is 18.9 Å². The number of ether oxygens (including phenoxy) is 4. The smallest absolute Gasteiger partial charge is 0.214 e. The molecule has 0 aliphatic carbocycles. The first-order valence-electron chi connectivity index (χ1n) is 14.0. The van der Waals surface area contributed by atoms with Gasteiger partial charge in [-0.1, -0.05) is 43.3 Å². The molecule has 2 fully saturated rings. The summed E-state index contributed by atoms with van der Waals surface area (Å²) < 4.78 is 21.4. The minimum Gasteiger partial charge on any atom is -0.493 e. The normalized spacial score (nSPS) is 19.2. The van der Waals surface area contributed by atoms with Crippen LogP contribution in [-0.4, -0.2) is 88.3 Å². The molecule has 2 atom stereocenters. The Kier molecular flexibility index (Phi) is 10.7. The molecule has 2 saturated heterocycles. The highest BCUT2D eigenvalue weighted by Gasteiger charge is 2.42. The molecule has 2 unspecified atom stereocenters. The molecule has 0 saturated carbocycles. The van der Waals surface area contributed by atoms with Crippen LogP contribution in [0.1, 0.15) is 31.4 Å². The van der Waals surface area contributed by atoms with Crippen molar-refractivity contribution in [3.8, 4) is 17.4 Å². The van der Waals surface area contributed by atoms with E-state index in [1.807, 2.05) is 73.7 Å². The number of pyridine rings is 1. The summed E-state index contributed by atoms with van der Waals surface area (Å²) in [6.07, 6.45) is 1.94. The van der Waals surface area contributed by atoms with Gasteiger partial charge in [-0.05, 0) is 43.2 Å². The lowest BCUT2D eigenvalue weighted by Crippen LogP contribution is -2.48. The number of aromatic nitrogens is 1. The van der Waals surface area contributed by atoms with Crippen molar-refractivity contribution in [1.29, 1.82) is 0 Å². The number of epoxide rings is 1. The lowest BCUT2D eigenvalue weighted by molar-refractivity contribution is 0.166. The quantitative estimate of drug-likeness (QED) is 0.220. The summed E-state index contributed by atoms with van der Waals surface area (Å²) in [5, 5.41) is 0. The molecule has 9 heteroatoms. The lowest BCUT2D eigenvalue weighted by atomic mass is 10.1. The van der Waals surface area contributed by atoms with E-state index in [0.717, 1.165) is 55.3 Å². The first kappa shape index (κ1) is 30.0. The highest BCUT2D eigenvalue weighted by molar-refractivity contribution is 6.11. The van der Waals surface area contributed by atoms with Crippen LogP contribution in [0.4, 0.5) is 5.82 Å². The van der Waals surface area contributed by atoms with Gasteiger partial charge in [0.2, 0.25) is 5.88 Å². The summed E-state index contributed by atoms with van der Waals surface area (Å²) in [7, 11) is 6.61. The molecule has 5 rings (SSSR count). The number of nitrogens with zero attached hydrogens (tertiary/aromatic N) is 5. The van der Waals surface area contributed by atoms with Crippen LogP contribution < -0.4 is 19.1 Å². The zero-order valence-electron chi connectivity index (χ0n) is 24.9. The van der Waals surface area contributed by atoms with Gasteiger partial charge in [0.05, 0.1) is 27.4 Å². The summed E-state index contributed by atoms with van der Waals surface area (Å²) in [6, 6.07) is 21.6. The minimum atomic E-state index is 0.366. The fraction of sp³-hybridized carbons (Fsp3) is 0.406. The Morgan fingerprint density at radius 1 is 0.878 bits per heavy atom. The minimum absolute atomic E-state index is 0.366. The monoisotopic (exact) mass is 559 g/mol. The van der Waals surface area contributed by atoms with Gasteiger partial charge in [-0.25, -0.2) is 4.99 Å². The molecule has 0 N–H and O–H groups in total. The van der Waals surface area contributed by atoms with Crippen LogP contribution in [0.25, 0.3) is 0 Å². The molecule has 3 aromatic rings. The molecular formula is C32H41N5O4. The van der Waals surface area contributed by atoms with Crippen LogP contribution in [0.2, 0.25) is 0 Å². The molecule has 2 aromatic carbocycles. The SMILES string of the molecule is CCC1OC1N1CCN(c2cccc(OC)n2)CC1.CN=C(N=C(C)c1ccccc1)c1ccc(OC)c(OC)c1. The van der Waals surface area contributed by atoms with Gasteiger partial charge in [0.1, 0.15) is 12.0 Å². The molecule has 0 radical (unpaired) electrons. The van der Waals surface area contributed by atoms with Gasteiger partial charge in [-0.15, -0.1) is 0 Å². The average molecular weight is 560 g/mol. The number of anilines is 1. The predicted molar refractivity (Wildman–Crippen MR) is 164 cm³/mol. The van der Waals surface area contributed by atoms with E-state index in [2.05, 4.69) is 31.7 Å². The third kappa shape index (κ3) is 7.83. The van der Waals surface area contributed by atoms with Gasteiger partial charge in [0.15, 0.2) is 17.3 Å². The second-order valence-corrected chi connectivity index (χ2v) is 9.71. The Labute approximate surface area is 243 Å². The maximum atomic E-state index is 5.65. The first-order chi connectivity index (χ1) is 20.0. The zero-order chi connectivity index (χ0) is 29.2. The molecule has 1 aromatic heterocycles. The number of benzene rings is 2. The van der Waals surface area contributed by atoms with Crippen molar-refractivity contribution in [2.24, 2.45) is 9.98 Å². The third-order valence-electron chi connectivity index (χ3n) is 7.19. The van der Waals surface area contributed by atoms with Gasteiger partial charge in [0.25, 0.3) is 0 Å². The van der Waals surface area contributed by atoms with Crippen LogP contribution >= 0.6 is 0 Å². The molecule has 218 valence electrons. The predicted octanol–water partition coefficient (Wildman–Crippen LogP) is 4.94. The van der Waals surface area contributed by atoms with E-state index in [1.165, 1.54) is 0 Å². The number of amidine groups is 1. The van der Waals surface area contributed by atoms with Crippen molar-refractivity contribution in [1.82, 2.24) is 9.88 Å². The molecule has 0 bridgehead atoms. The van der Waals surface area contributed by atoms with E-state index in [-0.39, 0.29) is 0 Å². The second-order valence-electron chi connectivity index (χ2n) is 9.71. The Hall–Kier alpha value is -3.95. The summed E-state index contributed by atoms with van der Waals surface area (Å²) >= 11 is 0. The lowest BCUT2D eigenvalue weighted by Gasteiger charge is -2.34. The Morgan fingerprint density at radius 2 is 1.61 bits per heavy atom. The van der Waals surface area contributed by atoms with Crippen LogP contribution in [0.5, 0.6) is 17.4 Å². The average Bonchev–Trinajstić information content (AvgIpc) is 3.84. The fourth-order valence-corrected chi connectivity index (χ4v) is 4.77. The molecule has 0 amide bonds. The summed E-state index contributed by atoms with van der Waals surface area (Å²) in [4.78, 5) is 18.2. The van der Waals surface area contributed by atoms with Crippen molar-refractivity contribution in [2.45, 2.75) is 32.6 Å². The largest absolute Gasteiger partial charge is 0.493 e. The summed E-state index contributed by atoms with van der Waals surface area (Å²) in [5.74, 6) is 3.68. The first-order valence-corrected chi connectivity index (χ1v) is 14.0. The van der Waals surface area contributed by atoms with Crippen molar-refractivity contribution < 1.29 is 18.9 Å². The van der Waals surface area contributed by atoms with E-state index in [9.17, 15) is 0 Å². The molecule has 3 heterocycles. The maximum Gasteiger partial charge on any atom is 0.214 e. The highest BCUT2D eigenvalue weighted by atomic mass is 16.6. The summed E-state index contributed by atoms with van der Waals surface area (Å²) in [5.41, 5.74) is 2.87. The highest BCUT2D eigenvalue weighted by Crippen LogP contribution is 2.30. The Balaban J connectivity index is 0.000000191. The van der Waals surface area contributed by atoms with E-state index < -0.39 is 0 Å². The third-order valence-corrected chi connectivity index (χ3v) is 7.19. The van der Waals surface area contributed by atoms with Crippen LogP contribution in [-0.2, 0) is 4.74 Å². The van der Waals surface area contributed by atoms with Crippen LogP contribution in [0.15, 0.2) is 76.7 Å². The number of hydrogen-bond acceptors (Lipinski definition) is 8. The maximum absolute atomic E-state index is 5.65. The van der Waals surface area contributed by atoms with Crippen molar-refractivity contribution in [3.63, 3.8) is 0 Å². The van der Waals surface area contributed by atoms with Crippen molar-refractivity contribution in [2.75, 3.05) is 59.5 Å². The number of methoxy groups -OCH3 is 3. The Bertz CT molecular complexity index is 1320. The molecule has 0 spiro atoms. The van der Waals surface area contributed by atoms with Crippen molar-refractivity contribution in [3.05, 3.63) is 77.9 Å². The van der Waals surface area contributed by atoms with Gasteiger partial charge < -0.3 is 23.8 Å². The number of aliphatic imine (C=N–C) groups is 2. The van der Waals surface area contributed by atoms with E-state index in [0.29, 0.717) is 35.5 Å². The van der Waals surface area contributed by atoms with E-state index in [1.54, 1.807) is 28.4 Å². The molecule has 41 heavy (non-hydrogen) atoms. The van der Waals surface area contributed by atoms with Gasteiger partial charge in [-0.3, -0.25) is 9.89 Å². The fourth-order valence-electron chi connectivity index (χ4n) is 4.77. The van der Waals surface area contributed by atoms with Crippen LogP contribution in [0, 0.1) is 0 Å². The Morgan fingerprint density at radius 3 is 2.22 bits per heavy atom. The second kappa shape index (κ2) is 14.6. The van der Waals surface area contributed by atoms with Gasteiger partial charge >= 0.3 is 0 Å². The topological polar surface area (TPSA) is 84.3 Å². The standard InChI is InChI=1S/C18H20N2O2.C14H21N3O2/c1-13(14-8-6-5-7-9-14)20-18(19-2)15-10-11-16(21-3)17(12-15)22-4;1-3-11-14(19-11)17-9-7-16(8-10-17)12-5-4-6-13(15-12)18-2/h5-12H,1-4H3;4-6,11,14H,3,7-10H2,1-2H3. The van der Waals surface area contributed by atoms with Crippen LogP contribution in [0.3, 0.4) is 0 Å². The number of rotatable bonds is 8. The van der Waals surface area contributed by atoms with Crippen molar-refractivity contribution >= 4 is 17.4 Å². The molecule has 2 aliphatic heterocycles.